The Morgan fingerprint density at radius 1 is 0.725 bits per heavy atom. The summed E-state index contributed by atoms with van der Waals surface area (Å²) in [4.78, 5) is 13.4. The normalized spacial score (nSPS) is 10.3. The van der Waals surface area contributed by atoms with Crippen molar-refractivity contribution in [1.82, 2.24) is 4.57 Å². The number of aryl methyl sites for hydroxylation is 3. The fourth-order valence-electron chi connectivity index (χ4n) is 4.69. The van der Waals surface area contributed by atoms with Crippen molar-refractivity contribution in [2.75, 3.05) is 7.18 Å². The minimum absolute atomic E-state index is 0.178. The zero-order valence-corrected chi connectivity index (χ0v) is 23.1. The topological polar surface area (TPSA) is 55.0 Å². The van der Waals surface area contributed by atoms with E-state index in [2.05, 4.69) is 37.3 Å². The van der Waals surface area contributed by atoms with Gasteiger partial charge in [-0.15, -0.1) is 0 Å². The van der Waals surface area contributed by atoms with E-state index in [-0.39, 0.29) is 11.1 Å². The molecule has 0 unspecified atom stereocenters. The van der Waals surface area contributed by atoms with Gasteiger partial charge in [0.25, 0.3) is 5.56 Å². The highest BCUT2D eigenvalue weighted by Gasteiger charge is 2.15. The Kier molecular flexibility index (Phi) is 8.93. The first-order chi connectivity index (χ1) is 19.4. The molecule has 0 fully saturated rings. The smallest absolute Gasteiger partial charge is 0.269 e. The number of nitriles is 1. The summed E-state index contributed by atoms with van der Waals surface area (Å²) in [5.41, 5.74) is 7.77. The molecule has 0 radical (unpaired) electrons. The van der Waals surface area contributed by atoms with Gasteiger partial charge in [0.2, 0.25) is 0 Å². The van der Waals surface area contributed by atoms with E-state index in [1.807, 2.05) is 92.7 Å². The summed E-state index contributed by atoms with van der Waals surface area (Å²) in [5, 5.41) is 9.63. The Hall–Kier alpha value is -4.95. The molecule has 0 spiro atoms. The van der Waals surface area contributed by atoms with Crippen molar-refractivity contribution >= 4 is 0 Å². The number of hydrogen-bond acceptors (Lipinski definition) is 3. The molecule has 0 amide bonds. The van der Waals surface area contributed by atoms with Crippen LogP contribution in [0, 0.1) is 32.1 Å². The fourth-order valence-corrected chi connectivity index (χ4v) is 4.69. The summed E-state index contributed by atoms with van der Waals surface area (Å²) >= 11 is 0. The molecule has 0 aliphatic rings. The molecule has 4 aromatic carbocycles. The van der Waals surface area contributed by atoms with Crippen LogP contribution in [0.4, 0.5) is 4.39 Å². The first-order valence-electron chi connectivity index (χ1n) is 12.9. The van der Waals surface area contributed by atoms with E-state index >= 15 is 0 Å². The third kappa shape index (κ3) is 6.19. The van der Waals surface area contributed by atoms with Gasteiger partial charge in [0, 0.05) is 0 Å². The van der Waals surface area contributed by atoms with E-state index in [0.29, 0.717) is 25.0 Å². The minimum atomic E-state index is -0.277. The lowest BCUT2D eigenvalue weighted by Crippen LogP contribution is -2.26. The number of pyridine rings is 1. The first-order valence-corrected chi connectivity index (χ1v) is 12.9. The number of alkyl halides is 1. The highest BCUT2D eigenvalue weighted by Crippen LogP contribution is 2.30. The molecular formula is C35H31FN2O2. The van der Waals surface area contributed by atoms with Crippen molar-refractivity contribution in [1.29, 1.82) is 5.26 Å². The van der Waals surface area contributed by atoms with Gasteiger partial charge in [-0.05, 0) is 96.6 Å². The molecule has 5 heteroatoms. The number of benzene rings is 4. The molecule has 200 valence electrons. The number of aromatic nitrogens is 1. The van der Waals surface area contributed by atoms with Crippen LogP contribution in [0.1, 0.15) is 27.8 Å². The summed E-state index contributed by atoms with van der Waals surface area (Å²) in [6, 6.07) is 36.1. The predicted molar refractivity (Wildman–Crippen MR) is 160 cm³/mol. The predicted octanol–water partition coefficient (Wildman–Crippen LogP) is 8.41. The Balaban J connectivity index is 0.00000181. The molecule has 5 rings (SSSR count). The maximum Gasteiger partial charge on any atom is 0.269 e. The van der Waals surface area contributed by atoms with Crippen molar-refractivity contribution in [2.45, 2.75) is 27.3 Å². The monoisotopic (exact) mass is 530 g/mol. The van der Waals surface area contributed by atoms with Crippen molar-refractivity contribution in [2.24, 2.45) is 0 Å². The minimum Gasteiger partial charge on any atom is -0.457 e. The zero-order valence-electron chi connectivity index (χ0n) is 23.1. The lowest BCUT2D eigenvalue weighted by Gasteiger charge is -2.17. The van der Waals surface area contributed by atoms with Gasteiger partial charge in [0.15, 0.2) is 0 Å². The van der Waals surface area contributed by atoms with Gasteiger partial charge in [-0.25, -0.2) is 0 Å². The second-order valence-corrected chi connectivity index (χ2v) is 9.54. The van der Waals surface area contributed by atoms with Gasteiger partial charge < -0.3 is 9.30 Å². The van der Waals surface area contributed by atoms with Crippen LogP contribution in [0.2, 0.25) is 0 Å². The lowest BCUT2D eigenvalue weighted by molar-refractivity contribution is 0.483. The van der Waals surface area contributed by atoms with Crippen molar-refractivity contribution in [3.8, 4) is 40.0 Å². The van der Waals surface area contributed by atoms with Gasteiger partial charge in [-0.2, -0.15) is 5.26 Å². The Labute approximate surface area is 234 Å². The summed E-state index contributed by atoms with van der Waals surface area (Å²) in [5.74, 6) is 1.45. The maximum atomic E-state index is 13.4. The second kappa shape index (κ2) is 12.7. The molecule has 40 heavy (non-hydrogen) atoms. The highest BCUT2D eigenvalue weighted by molar-refractivity contribution is 5.66. The van der Waals surface area contributed by atoms with Crippen molar-refractivity contribution in [3.63, 3.8) is 0 Å². The summed E-state index contributed by atoms with van der Waals surface area (Å²) in [6.07, 6.45) is 0. The van der Waals surface area contributed by atoms with E-state index in [9.17, 15) is 14.4 Å². The van der Waals surface area contributed by atoms with Crippen molar-refractivity contribution < 1.29 is 9.13 Å². The molecule has 5 aromatic rings. The number of halogens is 1. The van der Waals surface area contributed by atoms with Gasteiger partial charge in [0.1, 0.15) is 23.1 Å². The molecule has 0 bridgehead atoms. The molecule has 1 heterocycles. The highest BCUT2D eigenvalue weighted by atomic mass is 19.1. The molecular weight excluding hydrogens is 499 g/mol. The van der Waals surface area contributed by atoms with Crippen LogP contribution >= 0.6 is 0 Å². The lowest BCUT2D eigenvalue weighted by atomic mass is 10.0. The van der Waals surface area contributed by atoms with Crippen LogP contribution in [0.25, 0.3) is 22.4 Å². The van der Waals surface area contributed by atoms with Gasteiger partial charge in [0.05, 0.1) is 19.4 Å². The van der Waals surface area contributed by atoms with E-state index in [1.165, 1.54) is 5.56 Å². The van der Waals surface area contributed by atoms with Crippen LogP contribution in [0.5, 0.6) is 11.5 Å². The van der Waals surface area contributed by atoms with Gasteiger partial charge in [-0.3, -0.25) is 9.18 Å². The maximum absolute atomic E-state index is 13.4. The fraction of sp³-hybridized carbons (Fsp3) is 0.143. The Morgan fingerprint density at radius 3 is 2.10 bits per heavy atom. The van der Waals surface area contributed by atoms with Gasteiger partial charge in [-0.1, -0.05) is 66.2 Å². The molecule has 4 nitrogen and oxygen atoms in total. The molecule has 0 atom stereocenters. The van der Waals surface area contributed by atoms with Crippen molar-refractivity contribution in [3.05, 3.63) is 141 Å². The van der Waals surface area contributed by atoms with E-state index < -0.39 is 0 Å². The largest absolute Gasteiger partial charge is 0.457 e. The number of nitrogens with zero attached hydrogens (tertiary/aromatic N) is 2. The molecule has 0 saturated carbocycles. The van der Waals surface area contributed by atoms with Gasteiger partial charge >= 0.3 is 0 Å². The second-order valence-electron chi connectivity index (χ2n) is 9.54. The third-order valence-corrected chi connectivity index (χ3v) is 6.76. The van der Waals surface area contributed by atoms with Crippen LogP contribution in [0.3, 0.4) is 0 Å². The molecule has 1 aromatic heterocycles. The summed E-state index contributed by atoms with van der Waals surface area (Å²) in [6.45, 7) is 6.29. The molecule has 0 aliphatic carbocycles. The van der Waals surface area contributed by atoms with E-state index in [0.717, 1.165) is 39.3 Å². The summed E-state index contributed by atoms with van der Waals surface area (Å²) < 4.78 is 17.4. The zero-order chi connectivity index (χ0) is 28.6. The van der Waals surface area contributed by atoms with Crippen LogP contribution in [-0.4, -0.2) is 11.7 Å². The quantitative estimate of drug-likeness (QED) is 0.221. The van der Waals surface area contributed by atoms with Crippen LogP contribution < -0.4 is 10.3 Å². The number of ether oxygens (including phenoxy) is 1. The SMILES string of the molecule is CF.Cc1ccc(Cn2c(-c3ccc(Oc4cccc(-c5ccccc5)c4)cc3)cc(C)c(C#N)c2=O)c(C)c1. The average molecular weight is 531 g/mol. The third-order valence-electron chi connectivity index (χ3n) is 6.76. The molecule has 0 saturated heterocycles. The first kappa shape index (κ1) is 28.1. The molecule has 0 aliphatic heterocycles. The molecule has 0 N–H and O–H groups in total. The van der Waals surface area contributed by atoms with Crippen LogP contribution in [0.15, 0.2) is 108 Å². The summed E-state index contributed by atoms with van der Waals surface area (Å²) in [7, 11) is 0.500. The Morgan fingerprint density at radius 2 is 1.43 bits per heavy atom. The average Bonchev–Trinajstić information content (AvgIpc) is 2.98. The number of hydrogen-bond donors (Lipinski definition) is 0. The Bertz CT molecular complexity index is 1720. The van der Waals surface area contributed by atoms with E-state index in [4.69, 9.17) is 4.74 Å². The van der Waals surface area contributed by atoms with Crippen LogP contribution in [-0.2, 0) is 6.54 Å². The number of rotatable bonds is 6. The standard InChI is InChI=1S/C34H28N2O2.CH3F/c1-23-12-13-29(24(2)18-23)22-36-33(19-25(3)32(21-35)34(36)37)27-14-16-30(17-15-27)38-31-11-7-10-28(20-31)26-8-5-4-6-9-26;1-2/h4-20H,22H2,1-3H3;1H3. The van der Waals surface area contributed by atoms with E-state index in [1.54, 1.807) is 4.57 Å².